The number of esters is 1. The highest BCUT2D eigenvalue weighted by molar-refractivity contribution is 5.89. The summed E-state index contributed by atoms with van der Waals surface area (Å²) in [6.07, 6.45) is 0.949. The van der Waals surface area contributed by atoms with Crippen LogP contribution in [0.3, 0.4) is 0 Å². The van der Waals surface area contributed by atoms with Crippen molar-refractivity contribution in [1.29, 1.82) is 0 Å². The summed E-state index contributed by atoms with van der Waals surface area (Å²) in [6.45, 7) is 8.96. The number of hydrogen-bond donors (Lipinski definition) is 1. The van der Waals surface area contributed by atoms with Gasteiger partial charge in [0.1, 0.15) is 0 Å². The van der Waals surface area contributed by atoms with E-state index in [9.17, 15) is 9.59 Å². The molecule has 0 radical (unpaired) electrons. The lowest BCUT2D eigenvalue weighted by Gasteiger charge is -2.34. The van der Waals surface area contributed by atoms with Crippen LogP contribution in [-0.2, 0) is 16.1 Å². The Morgan fingerprint density at radius 3 is 2.52 bits per heavy atom. The van der Waals surface area contributed by atoms with Gasteiger partial charge in [0.05, 0.1) is 19.2 Å². The van der Waals surface area contributed by atoms with Crippen LogP contribution in [0.5, 0.6) is 0 Å². The normalized spacial score (nSPS) is 17.1. The Bertz CT molecular complexity index is 583. The van der Waals surface area contributed by atoms with Crippen molar-refractivity contribution in [2.24, 2.45) is 0 Å². The minimum Gasteiger partial charge on any atom is -0.465 e. The van der Waals surface area contributed by atoms with E-state index >= 15 is 0 Å². The number of piperazine rings is 1. The minimum absolute atomic E-state index is 0.105. The van der Waals surface area contributed by atoms with Crippen molar-refractivity contribution in [2.75, 3.05) is 39.8 Å². The standard InChI is InChI=1S/C19H29N3O3/c1-4-15(2)20-18(23)14-22-10-8-21(9-11-22)13-16-6-5-7-17(12-16)19(24)25-3/h5-7,12,15H,4,8-11,13-14H2,1-3H3,(H,20,23). The number of hydrogen-bond acceptors (Lipinski definition) is 5. The van der Waals surface area contributed by atoms with Gasteiger partial charge in [-0.2, -0.15) is 0 Å². The number of nitrogens with zero attached hydrogens (tertiary/aromatic N) is 2. The molecule has 6 nitrogen and oxygen atoms in total. The van der Waals surface area contributed by atoms with Gasteiger partial charge < -0.3 is 10.1 Å². The van der Waals surface area contributed by atoms with Crippen molar-refractivity contribution in [3.8, 4) is 0 Å². The van der Waals surface area contributed by atoms with E-state index in [0.717, 1.165) is 44.7 Å². The smallest absolute Gasteiger partial charge is 0.337 e. The number of benzene rings is 1. The van der Waals surface area contributed by atoms with Crippen molar-refractivity contribution in [3.05, 3.63) is 35.4 Å². The van der Waals surface area contributed by atoms with Gasteiger partial charge in [0, 0.05) is 38.8 Å². The first-order valence-electron chi connectivity index (χ1n) is 8.93. The fourth-order valence-electron chi connectivity index (χ4n) is 2.90. The average Bonchev–Trinajstić information content (AvgIpc) is 2.62. The maximum Gasteiger partial charge on any atom is 0.337 e. The quantitative estimate of drug-likeness (QED) is 0.758. The molecule has 0 aliphatic carbocycles. The van der Waals surface area contributed by atoms with Gasteiger partial charge in [-0.3, -0.25) is 14.6 Å². The molecule has 1 unspecified atom stereocenters. The first-order chi connectivity index (χ1) is 12.0. The van der Waals surface area contributed by atoms with E-state index in [1.165, 1.54) is 7.11 Å². The molecule has 138 valence electrons. The van der Waals surface area contributed by atoms with Gasteiger partial charge in [-0.15, -0.1) is 0 Å². The summed E-state index contributed by atoms with van der Waals surface area (Å²) in [5, 5.41) is 3.01. The Hall–Kier alpha value is -1.92. The topological polar surface area (TPSA) is 61.9 Å². The van der Waals surface area contributed by atoms with Gasteiger partial charge in [0.2, 0.25) is 5.91 Å². The van der Waals surface area contributed by atoms with E-state index in [1.807, 2.05) is 25.1 Å². The first-order valence-corrected chi connectivity index (χ1v) is 8.93. The molecule has 1 fully saturated rings. The lowest BCUT2D eigenvalue weighted by Crippen LogP contribution is -2.49. The third kappa shape index (κ3) is 6.14. The predicted molar refractivity (Wildman–Crippen MR) is 97.4 cm³/mol. The second-order valence-corrected chi connectivity index (χ2v) is 6.62. The summed E-state index contributed by atoms with van der Waals surface area (Å²) < 4.78 is 4.77. The van der Waals surface area contributed by atoms with Gasteiger partial charge in [-0.25, -0.2) is 4.79 Å². The van der Waals surface area contributed by atoms with Crippen molar-refractivity contribution < 1.29 is 14.3 Å². The molecule has 6 heteroatoms. The number of nitrogens with one attached hydrogen (secondary N) is 1. The molecule has 1 aromatic rings. The van der Waals surface area contributed by atoms with E-state index in [-0.39, 0.29) is 17.9 Å². The molecule has 1 aliphatic heterocycles. The fraction of sp³-hybridized carbons (Fsp3) is 0.579. The van der Waals surface area contributed by atoms with E-state index in [4.69, 9.17) is 4.74 Å². The summed E-state index contributed by atoms with van der Waals surface area (Å²) in [6, 6.07) is 7.80. The highest BCUT2D eigenvalue weighted by atomic mass is 16.5. The molecule has 25 heavy (non-hydrogen) atoms. The van der Waals surface area contributed by atoms with Crippen molar-refractivity contribution in [2.45, 2.75) is 32.9 Å². The lowest BCUT2D eigenvalue weighted by molar-refractivity contribution is -0.123. The Balaban J connectivity index is 1.79. The number of carbonyl (C=O) groups is 2. The molecule has 1 aliphatic rings. The highest BCUT2D eigenvalue weighted by Crippen LogP contribution is 2.11. The van der Waals surface area contributed by atoms with Gasteiger partial charge >= 0.3 is 5.97 Å². The van der Waals surface area contributed by atoms with Gasteiger partial charge in [-0.05, 0) is 31.0 Å². The van der Waals surface area contributed by atoms with Crippen LogP contribution in [0.15, 0.2) is 24.3 Å². The third-order valence-corrected chi connectivity index (χ3v) is 4.61. The molecule has 2 rings (SSSR count). The van der Waals surface area contributed by atoms with Crippen LogP contribution in [0.1, 0.15) is 36.2 Å². The number of amides is 1. The molecule has 1 N–H and O–H groups in total. The van der Waals surface area contributed by atoms with Gasteiger partial charge in [0.25, 0.3) is 0 Å². The van der Waals surface area contributed by atoms with Crippen LogP contribution in [0.4, 0.5) is 0 Å². The molecular weight excluding hydrogens is 318 g/mol. The minimum atomic E-state index is -0.306. The van der Waals surface area contributed by atoms with Gasteiger partial charge in [-0.1, -0.05) is 19.1 Å². The largest absolute Gasteiger partial charge is 0.465 e. The van der Waals surface area contributed by atoms with Crippen LogP contribution in [0, 0.1) is 0 Å². The van der Waals surface area contributed by atoms with Crippen molar-refractivity contribution >= 4 is 11.9 Å². The maximum atomic E-state index is 12.0. The monoisotopic (exact) mass is 347 g/mol. The average molecular weight is 347 g/mol. The lowest BCUT2D eigenvalue weighted by atomic mass is 10.1. The maximum absolute atomic E-state index is 12.0. The predicted octanol–water partition coefficient (Wildman–Crippen LogP) is 1.51. The molecule has 1 amide bonds. The number of rotatable bonds is 7. The van der Waals surface area contributed by atoms with Crippen LogP contribution in [0.2, 0.25) is 0 Å². The molecular formula is C19H29N3O3. The summed E-state index contributed by atoms with van der Waals surface area (Å²) >= 11 is 0. The van der Waals surface area contributed by atoms with Gasteiger partial charge in [0.15, 0.2) is 0 Å². The van der Waals surface area contributed by atoms with E-state index < -0.39 is 0 Å². The molecule has 0 bridgehead atoms. The zero-order valence-electron chi connectivity index (χ0n) is 15.5. The second kappa shape index (κ2) is 9.53. The van der Waals surface area contributed by atoms with Crippen LogP contribution < -0.4 is 5.32 Å². The Labute approximate surface area is 150 Å². The zero-order chi connectivity index (χ0) is 18.2. The Morgan fingerprint density at radius 2 is 1.88 bits per heavy atom. The Kier molecular flexibility index (Phi) is 7.40. The Morgan fingerprint density at radius 1 is 1.20 bits per heavy atom. The fourth-order valence-corrected chi connectivity index (χ4v) is 2.90. The van der Waals surface area contributed by atoms with Crippen molar-refractivity contribution in [3.63, 3.8) is 0 Å². The van der Waals surface area contributed by atoms with E-state index in [2.05, 4.69) is 22.0 Å². The van der Waals surface area contributed by atoms with E-state index in [1.54, 1.807) is 6.07 Å². The van der Waals surface area contributed by atoms with E-state index in [0.29, 0.717) is 12.1 Å². The molecule has 1 aromatic carbocycles. The summed E-state index contributed by atoms with van der Waals surface area (Å²) in [5.41, 5.74) is 1.69. The highest BCUT2D eigenvalue weighted by Gasteiger charge is 2.19. The summed E-state index contributed by atoms with van der Waals surface area (Å²) in [5.74, 6) is -0.201. The molecule has 0 spiro atoms. The first kappa shape index (κ1) is 19.4. The SMILES string of the molecule is CCC(C)NC(=O)CN1CCN(Cc2cccc(C(=O)OC)c2)CC1. The van der Waals surface area contributed by atoms with Crippen molar-refractivity contribution in [1.82, 2.24) is 15.1 Å². The van der Waals surface area contributed by atoms with Crippen LogP contribution in [0.25, 0.3) is 0 Å². The third-order valence-electron chi connectivity index (χ3n) is 4.61. The summed E-state index contributed by atoms with van der Waals surface area (Å²) in [4.78, 5) is 28.1. The molecule has 1 heterocycles. The molecule has 1 atom stereocenters. The van der Waals surface area contributed by atoms with Crippen LogP contribution >= 0.6 is 0 Å². The zero-order valence-corrected chi connectivity index (χ0v) is 15.5. The molecule has 0 aromatic heterocycles. The number of methoxy groups -OCH3 is 1. The molecule has 1 saturated heterocycles. The number of ether oxygens (including phenoxy) is 1. The van der Waals surface area contributed by atoms with Crippen LogP contribution in [-0.4, -0.2) is 67.6 Å². The molecule has 0 saturated carbocycles. The summed E-state index contributed by atoms with van der Waals surface area (Å²) in [7, 11) is 1.39. The number of carbonyl (C=O) groups excluding carboxylic acids is 2. The second-order valence-electron chi connectivity index (χ2n) is 6.62.